The summed E-state index contributed by atoms with van der Waals surface area (Å²) in [4.78, 5) is 15.3. The number of nitrogens with zero attached hydrogens (tertiary/aromatic N) is 2. The van der Waals surface area contributed by atoms with Crippen LogP contribution in [0, 0.1) is 0 Å². The van der Waals surface area contributed by atoms with Gasteiger partial charge in [0.2, 0.25) is 0 Å². The number of nitrogens with two attached hydrogens (primary N) is 1. The third-order valence-electron chi connectivity index (χ3n) is 3.55. The molecule has 1 saturated heterocycles. The van der Waals surface area contributed by atoms with Gasteiger partial charge >= 0.3 is 12.3 Å². The Balaban J connectivity index is 2.24. The number of aromatic nitrogens is 1. The molecule has 1 aromatic rings. The van der Waals surface area contributed by atoms with Crippen LogP contribution in [0.1, 0.15) is 11.6 Å². The molecule has 2 rings (SSSR count). The molecule has 6 N–H and O–H groups in total. The zero-order valence-corrected chi connectivity index (χ0v) is 11.8. The number of amides is 1. The second-order valence-corrected chi connectivity index (χ2v) is 5.14. The summed E-state index contributed by atoms with van der Waals surface area (Å²) in [6, 6.07) is -0.467. The summed E-state index contributed by atoms with van der Waals surface area (Å²) >= 11 is 0. The molecule has 128 valence electrons. The Kier molecular flexibility index (Phi) is 4.92. The number of aliphatic hydroxyl groups is 1. The summed E-state index contributed by atoms with van der Waals surface area (Å²) in [6.07, 6.45) is -6.21. The Hall–Kier alpha value is -2.11. The highest BCUT2D eigenvalue weighted by atomic mass is 19.4. The highest BCUT2D eigenvalue weighted by molar-refractivity contribution is 5.65. The topological polar surface area (TPSA) is 124 Å². The van der Waals surface area contributed by atoms with Gasteiger partial charge in [-0.05, 0) is 11.6 Å². The fraction of sp³-hybridized carbons (Fsp3) is 0.500. The normalized spacial score (nSPS) is 23.5. The van der Waals surface area contributed by atoms with Crippen molar-refractivity contribution in [3.05, 3.63) is 23.9 Å². The van der Waals surface area contributed by atoms with Gasteiger partial charge in [0, 0.05) is 19.3 Å². The van der Waals surface area contributed by atoms with Gasteiger partial charge in [-0.25, -0.2) is 15.6 Å². The summed E-state index contributed by atoms with van der Waals surface area (Å²) in [6.45, 7) is -0.583. The molecule has 0 aliphatic carbocycles. The quantitative estimate of drug-likeness (QED) is 0.395. The van der Waals surface area contributed by atoms with Crippen LogP contribution in [0.2, 0.25) is 0 Å². The number of carbonyl (C=O) groups is 1. The number of alkyl halides is 3. The maximum absolute atomic E-state index is 13.4. The molecule has 0 spiro atoms. The van der Waals surface area contributed by atoms with E-state index >= 15 is 0 Å². The van der Waals surface area contributed by atoms with E-state index in [9.17, 15) is 23.1 Å². The Labute approximate surface area is 129 Å². The van der Waals surface area contributed by atoms with Crippen LogP contribution in [-0.4, -0.2) is 57.6 Å². The molecule has 0 bridgehead atoms. The van der Waals surface area contributed by atoms with Crippen molar-refractivity contribution in [2.45, 2.75) is 24.4 Å². The molecule has 0 aromatic carbocycles. The predicted octanol–water partition coefficient (Wildman–Crippen LogP) is 0.283. The molecule has 0 unspecified atom stereocenters. The SMILES string of the molecule is NNc1ccc([C@@H](N2C[C@@H](O)[C@H](NC(=O)O)C2)C(F)(F)F)cn1. The largest absolute Gasteiger partial charge is 0.465 e. The summed E-state index contributed by atoms with van der Waals surface area (Å²) < 4.78 is 40.3. The Morgan fingerprint density at radius 2 is 2.13 bits per heavy atom. The number of anilines is 1. The van der Waals surface area contributed by atoms with E-state index in [2.05, 4.69) is 10.4 Å². The van der Waals surface area contributed by atoms with Gasteiger partial charge in [-0.15, -0.1) is 0 Å². The second kappa shape index (κ2) is 6.56. The van der Waals surface area contributed by atoms with Crippen molar-refractivity contribution < 1.29 is 28.2 Å². The van der Waals surface area contributed by atoms with E-state index in [-0.39, 0.29) is 24.5 Å². The van der Waals surface area contributed by atoms with E-state index in [0.29, 0.717) is 0 Å². The number of nitrogens with one attached hydrogen (secondary N) is 2. The van der Waals surface area contributed by atoms with Crippen LogP contribution >= 0.6 is 0 Å². The standard InChI is InChI=1S/C12H16F3N5O3/c13-12(14,15)10(6-1-2-9(19-16)17-3-6)20-4-7(8(21)5-20)18-11(22)23/h1-3,7-8,10,18,21H,4-5,16H2,(H,17,19)(H,22,23)/t7-,8-,10-/m1/s1. The third kappa shape index (κ3) is 4.00. The van der Waals surface area contributed by atoms with Crippen LogP contribution in [-0.2, 0) is 0 Å². The second-order valence-electron chi connectivity index (χ2n) is 5.14. The van der Waals surface area contributed by atoms with E-state index < -0.39 is 30.5 Å². The lowest BCUT2D eigenvalue weighted by Gasteiger charge is -2.29. The highest BCUT2D eigenvalue weighted by Gasteiger charge is 2.49. The number of hydrogen-bond acceptors (Lipinski definition) is 6. The minimum atomic E-state index is -4.61. The summed E-state index contributed by atoms with van der Waals surface area (Å²) in [5.41, 5.74) is 2.09. The smallest absolute Gasteiger partial charge is 0.408 e. The molecule has 23 heavy (non-hydrogen) atoms. The maximum atomic E-state index is 13.4. The maximum Gasteiger partial charge on any atom is 0.408 e. The first-order valence-corrected chi connectivity index (χ1v) is 6.63. The number of carboxylic acid groups (broad SMARTS) is 1. The molecule has 0 saturated carbocycles. The van der Waals surface area contributed by atoms with Gasteiger partial charge in [-0.3, -0.25) is 4.90 Å². The molecule has 0 radical (unpaired) electrons. The molecule has 1 fully saturated rings. The average Bonchev–Trinajstić information content (AvgIpc) is 2.78. The van der Waals surface area contributed by atoms with Crippen molar-refractivity contribution >= 4 is 11.9 Å². The van der Waals surface area contributed by atoms with Crippen LogP contribution in [0.3, 0.4) is 0 Å². The first-order valence-electron chi connectivity index (χ1n) is 6.63. The van der Waals surface area contributed by atoms with Crippen molar-refractivity contribution in [2.75, 3.05) is 18.5 Å². The van der Waals surface area contributed by atoms with Gasteiger partial charge in [0.15, 0.2) is 0 Å². The number of likely N-dealkylation sites (tertiary alicyclic amines) is 1. The number of nitrogen functional groups attached to an aromatic ring is 1. The fourth-order valence-corrected chi connectivity index (χ4v) is 2.59. The van der Waals surface area contributed by atoms with Crippen LogP contribution < -0.4 is 16.6 Å². The number of pyridine rings is 1. The number of halogens is 3. The lowest BCUT2D eigenvalue weighted by atomic mass is 10.1. The molecule has 1 aliphatic rings. The molecule has 2 heterocycles. The fourth-order valence-electron chi connectivity index (χ4n) is 2.59. The summed E-state index contributed by atoms with van der Waals surface area (Å²) in [5.74, 6) is 5.33. The van der Waals surface area contributed by atoms with E-state index in [1.165, 1.54) is 12.1 Å². The molecule has 1 aromatic heterocycles. The monoisotopic (exact) mass is 335 g/mol. The highest BCUT2D eigenvalue weighted by Crippen LogP contribution is 2.39. The molecule has 8 nitrogen and oxygen atoms in total. The van der Waals surface area contributed by atoms with Gasteiger partial charge in [0.1, 0.15) is 11.9 Å². The molecule has 3 atom stereocenters. The van der Waals surface area contributed by atoms with E-state index in [1.807, 2.05) is 5.32 Å². The molecule has 1 amide bonds. The zero-order valence-electron chi connectivity index (χ0n) is 11.8. The Bertz CT molecular complexity index is 554. The van der Waals surface area contributed by atoms with Crippen LogP contribution in [0.5, 0.6) is 0 Å². The predicted molar refractivity (Wildman–Crippen MR) is 73.4 cm³/mol. The Morgan fingerprint density at radius 1 is 1.43 bits per heavy atom. The lowest BCUT2D eigenvalue weighted by Crippen LogP contribution is -2.42. The minimum absolute atomic E-state index is 0.125. The number of rotatable bonds is 4. The van der Waals surface area contributed by atoms with E-state index in [1.54, 1.807) is 0 Å². The third-order valence-corrected chi connectivity index (χ3v) is 3.55. The first-order chi connectivity index (χ1) is 10.7. The number of hydrazine groups is 1. The number of hydrogen-bond donors (Lipinski definition) is 5. The zero-order chi connectivity index (χ0) is 17.2. The van der Waals surface area contributed by atoms with Gasteiger partial charge in [-0.2, -0.15) is 13.2 Å². The van der Waals surface area contributed by atoms with E-state index in [0.717, 1.165) is 11.1 Å². The van der Waals surface area contributed by atoms with Gasteiger partial charge in [0.25, 0.3) is 0 Å². The van der Waals surface area contributed by atoms with Crippen molar-refractivity contribution in [3.8, 4) is 0 Å². The van der Waals surface area contributed by atoms with Gasteiger partial charge < -0.3 is 21.0 Å². The van der Waals surface area contributed by atoms with Gasteiger partial charge in [0.05, 0.1) is 12.1 Å². The molecule has 11 heteroatoms. The van der Waals surface area contributed by atoms with Crippen LogP contribution in [0.15, 0.2) is 18.3 Å². The summed E-state index contributed by atoms with van der Waals surface area (Å²) in [5, 5.41) is 20.4. The molecular weight excluding hydrogens is 319 g/mol. The minimum Gasteiger partial charge on any atom is -0.465 e. The van der Waals surface area contributed by atoms with Crippen molar-refractivity contribution in [3.63, 3.8) is 0 Å². The lowest BCUT2D eigenvalue weighted by molar-refractivity contribution is -0.184. The summed E-state index contributed by atoms with van der Waals surface area (Å²) in [7, 11) is 0. The van der Waals surface area contributed by atoms with Crippen molar-refractivity contribution in [1.29, 1.82) is 0 Å². The first kappa shape index (κ1) is 17.2. The van der Waals surface area contributed by atoms with Crippen LogP contribution in [0.4, 0.5) is 23.8 Å². The Morgan fingerprint density at radius 3 is 2.61 bits per heavy atom. The van der Waals surface area contributed by atoms with Crippen molar-refractivity contribution in [1.82, 2.24) is 15.2 Å². The average molecular weight is 335 g/mol. The number of β-amino-alcohol motifs (C(OH)–C–C–N with tert-alkyl or cyclic N) is 1. The van der Waals surface area contributed by atoms with Crippen molar-refractivity contribution in [2.24, 2.45) is 5.84 Å². The molecular formula is C12H16F3N5O3. The number of aliphatic hydroxyl groups excluding tert-OH is 1. The van der Waals surface area contributed by atoms with E-state index in [4.69, 9.17) is 10.9 Å². The molecule has 1 aliphatic heterocycles. The van der Waals surface area contributed by atoms with Gasteiger partial charge in [-0.1, -0.05) is 6.07 Å². The van der Waals surface area contributed by atoms with Crippen LogP contribution in [0.25, 0.3) is 0 Å².